The summed E-state index contributed by atoms with van der Waals surface area (Å²) in [5.41, 5.74) is 0.453. The summed E-state index contributed by atoms with van der Waals surface area (Å²) in [5.74, 6) is 1.17. The van der Waals surface area contributed by atoms with E-state index in [1.807, 2.05) is 41.2 Å². The second kappa shape index (κ2) is 7.45. The van der Waals surface area contributed by atoms with E-state index in [-0.39, 0.29) is 11.8 Å². The highest BCUT2D eigenvalue weighted by Gasteiger charge is 2.22. The number of piperazine rings is 1. The van der Waals surface area contributed by atoms with Crippen molar-refractivity contribution < 1.29 is 9.18 Å². The summed E-state index contributed by atoms with van der Waals surface area (Å²) in [6.07, 6.45) is 3.83. The number of aromatic nitrogens is 3. The Morgan fingerprint density at radius 1 is 0.926 bits per heavy atom. The van der Waals surface area contributed by atoms with Gasteiger partial charge in [-0.15, -0.1) is 10.2 Å². The molecule has 1 aromatic carbocycles. The van der Waals surface area contributed by atoms with Crippen molar-refractivity contribution in [1.29, 1.82) is 0 Å². The van der Waals surface area contributed by atoms with Crippen LogP contribution < -0.4 is 10.2 Å². The van der Waals surface area contributed by atoms with E-state index >= 15 is 0 Å². The maximum atomic E-state index is 13.2. The molecule has 1 saturated heterocycles. The number of hydrogen-bond donors (Lipinski definition) is 1. The highest BCUT2D eigenvalue weighted by molar-refractivity contribution is 5.89. The molecule has 1 fully saturated rings. The van der Waals surface area contributed by atoms with Crippen LogP contribution in [0.15, 0.2) is 60.9 Å². The molecule has 2 aromatic heterocycles. The van der Waals surface area contributed by atoms with Crippen molar-refractivity contribution in [3.63, 3.8) is 0 Å². The molecule has 0 aliphatic carbocycles. The number of carbonyl (C=O) groups is 1. The number of halogens is 1. The van der Waals surface area contributed by atoms with Crippen LogP contribution in [0.3, 0.4) is 0 Å². The Bertz CT molecular complexity index is 904. The minimum Gasteiger partial charge on any atom is -0.352 e. The van der Waals surface area contributed by atoms with Crippen LogP contribution in [-0.4, -0.2) is 51.9 Å². The zero-order chi connectivity index (χ0) is 18.6. The van der Waals surface area contributed by atoms with Gasteiger partial charge in [0.2, 0.25) is 0 Å². The van der Waals surface area contributed by atoms with Gasteiger partial charge in [0.1, 0.15) is 5.82 Å². The Morgan fingerprint density at radius 2 is 1.63 bits per heavy atom. The predicted molar refractivity (Wildman–Crippen MR) is 101 cm³/mol. The lowest BCUT2D eigenvalue weighted by atomic mass is 10.3. The summed E-state index contributed by atoms with van der Waals surface area (Å²) in [5, 5.41) is 11.3. The van der Waals surface area contributed by atoms with Gasteiger partial charge in [-0.25, -0.2) is 9.18 Å². The molecule has 1 N–H and O–H groups in total. The lowest BCUT2D eigenvalue weighted by Gasteiger charge is -2.35. The molecule has 1 aliphatic heterocycles. The van der Waals surface area contributed by atoms with Crippen LogP contribution in [-0.2, 0) is 0 Å². The number of anilines is 2. The average Bonchev–Trinajstić information content (AvgIpc) is 3.23. The Labute approximate surface area is 156 Å². The predicted octanol–water partition coefficient (Wildman–Crippen LogP) is 2.76. The number of nitrogens with zero attached hydrogens (tertiary/aromatic N) is 5. The maximum absolute atomic E-state index is 13.2. The highest BCUT2D eigenvalue weighted by atomic mass is 19.1. The molecule has 0 radical (unpaired) electrons. The zero-order valence-corrected chi connectivity index (χ0v) is 14.6. The van der Waals surface area contributed by atoms with Gasteiger partial charge in [-0.3, -0.25) is 0 Å². The molecular formula is C19H19FN6O. The lowest BCUT2D eigenvalue weighted by molar-refractivity contribution is 0.208. The standard InChI is InChI=1S/C19H19FN6O/c20-15-4-3-5-16(14-15)21-19(27)26-12-10-25(11-13-26)18-7-6-17(22-23-18)24-8-1-2-9-24/h1-9,14H,10-13H2,(H,21,27). The molecule has 1 aliphatic rings. The van der Waals surface area contributed by atoms with Gasteiger partial charge in [-0.1, -0.05) is 6.07 Å². The van der Waals surface area contributed by atoms with Crippen molar-refractivity contribution in [1.82, 2.24) is 19.7 Å². The molecule has 0 spiro atoms. The van der Waals surface area contributed by atoms with Crippen LogP contribution in [0, 0.1) is 5.82 Å². The van der Waals surface area contributed by atoms with E-state index in [9.17, 15) is 9.18 Å². The third-order valence-corrected chi connectivity index (χ3v) is 4.47. The van der Waals surface area contributed by atoms with E-state index < -0.39 is 0 Å². The Morgan fingerprint density at radius 3 is 2.30 bits per heavy atom. The smallest absolute Gasteiger partial charge is 0.321 e. The minimum absolute atomic E-state index is 0.228. The normalized spacial score (nSPS) is 14.3. The number of urea groups is 1. The zero-order valence-electron chi connectivity index (χ0n) is 14.6. The topological polar surface area (TPSA) is 66.3 Å². The highest BCUT2D eigenvalue weighted by Crippen LogP contribution is 2.16. The van der Waals surface area contributed by atoms with Crippen molar-refractivity contribution in [3.05, 3.63) is 66.7 Å². The van der Waals surface area contributed by atoms with E-state index in [2.05, 4.69) is 20.4 Å². The van der Waals surface area contributed by atoms with Gasteiger partial charge in [0.25, 0.3) is 0 Å². The monoisotopic (exact) mass is 366 g/mol. The summed E-state index contributed by atoms with van der Waals surface area (Å²) in [7, 11) is 0. The van der Waals surface area contributed by atoms with E-state index in [4.69, 9.17) is 0 Å². The second-order valence-corrected chi connectivity index (χ2v) is 6.25. The molecule has 138 valence electrons. The number of amides is 2. The van der Waals surface area contributed by atoms with Gasteiger partial charge in [0.15, 0.2) is 11.6 Å². The van der Waals surface area contributed by atoms with E-state index in [1.54, 1.807) is 17.0 Å². The molecular weight excluding hydrogens is 347 g/mol. The molecule has 7 nitrogen and oxygen atoms in total. The number of carbonyl (C=O) groups excluding carboxylic acids is 1. The van der Waals surface area contributed by atoms with Crippen LogP contribution in [0.4, 0.5) is 20.7 Å². The first kappa shape index (κ1) is 17.0. The fourth-order valence-corrected chi connectivity index (χ4v) is 3.02. The van der Waals surface area contributed by atoms with Crippen molar-refractivity contribution in [2.45, 2.75) is 0 Å². The number of benzene rings is 1. The largest absolute Gasteiger partial charge is 0.352 e. The summed E-state index contributed by atoms with van der Waals surface area (Å²) in [6.45, 7) is 2.44. The Kier molecular flexibility index (Phi) is 4.69. The van der Waals surface area contributed by atoms with Crippen LogP contribution in [0.5, 0.6) is 0 Å². The summed E-state index contributed by atoms with van der Waals surface area (Å²) in [4.78, 5) is 16.1. The van der Waals surface area contributed by atoms with Crippen LogP contribution in [0.2, 0.25) is 0 Å². The first-order valence-electron chi connectivity index (χ1n) is 8.72. The van der Waals surface area contributed by atoms with Gasteiger partial charge in [0, 0.05) is 44.3 Å². The maximum Gasteiger partial charge on any atom is 0.321 e. The third kappa shape index (κ3) is 3.89. The second-order valence-electron chi connectivity index (χ2n) is 6.25. The molecule has 8 heteroatoms. The van der Waals surface area contributed by atoms with E-state index in [0.29, 0.717) is 31.9 Å². The molecule has 3 aromatic rings. The molecule has 2 amide bonds. The fourth-order valence-electron chi connectivity index (χ4n) is 3.02. The molecule has 4 rings (SSSR count). The number of hydrogen-bond acceptors (Lipinski definition) is 4. The van der Waals surface area contributed by atoms with Gasteiger partial charge in [-0.05, 0) is 42.5 Å². The van der Waals surface area contributed by atoms with E-state index in [1.165, 1.54) is 12.1 Å². The first-order chi connectivity index (χ1) is 13.2. The van der Waals surface area contributed by atoms with Crippen LogP contribution in [0.25, 0.3) is 5.82 Å². The van der Waals surface area contributed by atoms with Gasteiger partial charge in [0.05, 0.1) is 0 Å². The summed E-state index contributed by atoms with van der Waals surface area (Å²) in [6, 6.07) is 13.4. The fraction of sp³-hybridized carbons (Fsp3) is 0.211. The quantitative estimate of drug-likeness (QED) is 0.774. The van der Waals surface area contributed by atoms with E-state index in [0.717, 1.165) is 11.6 Å². The lowest BCUT2D eigenvalue weighted by Crippen LogP contribution is -2.50. The van der Waals surface area contributed by atoms with Gasteiger partial charge in [-0.2, -0.15) is 0 Å². The van der Waals surface area contributed by atoms with Crippen LogP contribution >= 0.6 is 0 Å². The minimum atomic E-state index is -0.375. The first-order valence-corrected chi connectivity index (χ1v) is 8.72. The molecule has 0 saturated carbocycles. The molecule has 0 atom stereocenters. The summed E-state index contributed by atoms with van der Waals surface area (Å²) < 4.78 is 15.1. The van der Waals surface area contributed by atoms with Gasteiger partial charge >= 0.3 is 6.03 Å². The van der Waals surface area contributed by atoms with Crippen molar-refractivity contribution in [2.24, 2.45) is 0 Å². The Balaban J connectivity index is 1.34. The Hall–Kier alpha value is -3.42. The summed E-state index contributed by atoms with van der Waals surface area (Å²) >= 11 is 0. The van der Waals surface area contributed by atoms with Crippen molar-refractivity contribution >= 4 is 17.5 Å². The molecule has 0 unspecified atom stereocenters. The molecule has 0 bridgehead atoms. The molecule has 27 heavy (non-hydrogen) atoms. The van der Waals surface area contributed by atoms with Gasteiger partial charge < -0.3 is 19.7 Å². The van der Waals surface area contributed by atoms with Crippen molar-refractivity contribution in [3.8, 4) is 5.82 Å². The van der Waals surface area contributed by atoms with Crippen molar-refractivity contribution in [2.75, 3.05) is 36.4 Å². The molecule has 3 heterocycles. The third-order valence-electron chi connectivity index (χ3n) is 4.47. The number of rotatable bonds is 3. The van der Waals surface area contributed by atoms with Crippen LogP contribution in [0.1, 0.15) is 0 Å². The number of nitrogens with one attached hydrogen (secondary N) is 1. The SMILES string of the molecule is O=C(Nc1cccc(F)c1)N1CCN(c2ccc(-n3cccc3)nn2)CC1. The average molecular weight is 366 g/mol.